The van der Waals surface area contributed by atoms with Gasteiger partial charge in [0.25, 0.3) is 0 Å². The molecule has 1 aromatic carbocycles. The molecule has 0 heterocycles. The van der Waals surface area contributed by atoms with Crippen molar-refractivity contribution in [3.63, 3.8) is 0 Å². The van der Waals surface area contributed by atoms with E-state index in [2.05, 4.69) is 34.1 Å². The van der Waals surface area contributed by atoms with Crippen molar-refractivity contribution in [1.29, 1.82) is 0 Å². The Morgan fingerprint density at radius 1 is 1.39 bits per heavy atom. The van der Waals surface area contributed by atoms with Crippen molar-refractivity contribution in [3.8, 4) is 0 Å². The summed E-state index contributed by atoms with van der Waals surface area (Å²) in [7, 11) is 0. The molecule has 2 rings (SSSR count). The Labute approximate surface area is 117 Å². The second kappa shape index (κ2) is 6.37. The highest BCUT2D eigenvalue weighted by Crippen LogP contribution is 2.24. The van der Waals surface area contributed by atoms with Crippen molar-refractivity contribution in [1.82, 2.24) is 0 Å². The van der Waals surface area contributed by atoms with Crippen LogP contribution in [0.15, 0.2) is 18.2 Å². The summed E-state index contributed by atoms with van der Waals surface area (Å²) < 4.78 is 4.96. The highest BCUT2D eigenvalue weighted by Gasteiger charge is 2.15. The third kappa shape index (κ3) is 3.58. The first-order chi connectivity index (χ1) is 8.69. The van der Waals surface area contributed by atoms with E-state index in [9.17, 15) is 4.79 Å². The summed E-state index contributed by atoms with van der Waals surface area (Å²) >= 11 is 3.56. The van der Waals surface area contributed by atoms with E-state index in [-0.39, 0.29) is 10.8 Å². The molecule has 0 radical (unpaired) electrons. The fraction of sp³-hybridized carbons (Fsp3) is 0.533. The van der Waals surface area contributed by atoms with Gasteiger partial charge in [-0.05, 0) is 49.3 Å². The van der Waals surface area contributed by atoms with Gasteiger partial charge in [-0.2, -0.15) is 0 Å². The van der Waals surface area contributed by atoms with E-state index < -0.39 is 0 Å². The molecule has 1 aliphatic carbocycles. The number of ether oxygens (including phenoxy) is 1. The van der Waals surface area contributed by atoms with Gasteiger partial charge in [0, 0.05) is 4.83 Å². The lowest BCUT2D eigenvalue weighted by atomic mass is 10.0. The van der Waals surface area contributed by atoms with Gasteiger partial charge in [0.2, 0.25) is 0 Å². The van der Waals surface area contributed by atoms with Crippen LogP contribution < -0.4 is 0 Å². The largest absolute Gasteiger partial charge is 0.466 e. The maximum Gasteiger partial charge on any atom is 0.306 e. The number of hydrogen-bond donors (Lipinski definition) is 0. The van der Waals surface area contributed by atoms with E-state index in [0.717, 1.165) is 6.42 Å². The molecule has 0 bridgehead atoms. The second-order valence-corrected chi connectivity index (χ2v) is 6.06. The zero-order valence-corrected chi connectivity index (χ0v) is 12.3. The van der Waals surface area contributed by atoms with Gasteiger partial charge in [-0.15, -0.1) is 0 Å². The van der Waals surface area contributed by atoms with E-state index in [1.54, 1.807) is 0 Å². The maximum atomic E-state index is 11.4. The van der Waals surface area contributed by atoms with Crippen LogP contribution in [0.1, 0.15) is 36.5 Å². The first-order valence-electron chi connectivity index (χ1n) is 6.59. The predicted octanol–water partition coefficient (Wildman–Crippen LogP) is 3.43. The van der Waals surface area contributed by atoms with Gasteiger partial charge in [0.15, 0.2) is 0 Å². The maximum absolute atomic E-state index is 11.4. The zero-order valence-electron chi connectivity index (χ0n) is 10.7. The average Bonchev–Trinajstić information content (AvgIpc) is 2.76. The topological polar surface area (TPSA) is 26.3 Å². The first-order valence-corrected chi connectivity index (χ1v) is 7.51. The Balaban J connectivity index is 1.91. The fourth-order valence-electron chi connectivity index (χ4n) is 2.48. The minimum atomic E-state index is -0.125. The molecular weight excluding hydrogens is 292 g/mol. The molecule has 0 aliphatic heterocycles. The van der Waals surface area contributed by atoms with Crippen LogP contribution in [0.5, 0.6) is 0 Å². The molecule has 1 unspecified atom stereocenters. The Hall–Kier alpha value is -0.830. The van der Waals surface area contributed by atoms with Gasteiger partial charge in [0.05, 0.1) is 13.0 Å². The van der Waals surface area contributed by atoms with Crippen molar-refractivity contribution >= 4 is 21.9 Å². The van der Waals surface area contributed by atoms with Crippen molar-refractivity contribution in [2.75, 3.05) is 6.61 Å². The van der Waals surface area contributed by atoms with E-state index in [4.69, 9.17) is 4.74 Å². The second-order valence-electron chi connectivity index (χ2n) is 4.77. The summed E-state index contributed by atoms with van der Waals surface area (Å²) in [6.07, 6.45) is 5.01. The summed E-state index contributed by atoms with van der Waals surface area (Å²) in [5.74, 6) is -0.125. The lowest BCUT2D eigenvalue weighted by Crippen LogP contribution is -2.13. The Kier molecular flexibility index (Phi) is 4.81. The van der Waals surface area contributed by atoms with Crippen LogP contribution >= 0.6 is 15.9 Å². The number of carbonyl (C=O) groups is 1. The third-order valence-electron chi connectivity index (χ3n) is 3.31. The smallest absolute Gasteiger partial charge is 0.306 e. The predicted molar refractivity (Wildman–Crippen MR) is 76.1 cm³/mol. The molecule has 0 saturated heterocycles. The number of alkyl halides is 1. The van der Waals surface area contributed by atoms with Gasteiger partial charge in [-0.1, -0.05) is 34.1 Å². The van der Waals surface area contributed by atoms with Crippen molar-refractivity contribution in [2.24, 2.45) is 0 Å². The molecule has 0 fully saturated rings. The molecule has 1 aliphatic rings. The minimum absolute atomic E-state index is 0.125. The monoisotopic (exact) mass is 310 g/mol. The number of esters is 1. The number of halogens is 1. The summed E-state index contributed by atoms with van der Waals surface area (Å²) in [6, 6.07) is 6.72. The average molecular weight is 311 g/mol. The van der Waals surface area contributed by atoms with Crippen LogP contribution in [0.25, 0.3) is 0 Å². The van der Waals surface area contributed by atoms with E-state index >= 15 is 0 Å². The van der Waals surface area contributed by atoms with E-state index in [1.807, 2.05) is 6.92 Å². The molecule has 0 amide bonds. The number of fused-ring (bicyclic) bond motifs is 1. The van der Waals surface area contributed by atoms with Crippen molar-refractivity contribution < 1.29 is 9.53 Å². The zero-order chi connectivity index (χ0) is 13.0. The standard InChI is InChI=1S/C15H19BrO2/c1-2-18-15(17)10-14(16)9-11-6-7-12-4-3-5-13(12)8-11/h6-8,14H,2-5,9-10H2,1H3. The van der Waals surface area contributed by atoms with E-state index in [1.165, 1.54) is 36.0 Å². The highest BCUT2D eigenvalue weighted by molar-refractivity contribution is 9.09. The molecule has 0 spiro atoms. The molecule has 98 valence electrons. The number of benzene rings is 1. The first kappa shape index (κ1) is 13.6. The van der Waals surface area contributed by atoms with Crippen LogP contribution in [-0.4, -0.2) is 17.4 Å². The SMILES string of the molecule is CCOC(=O)CC(Br)Cc1ccc2c(c1)CCC2. The number of aryl methyl sites for hydroxylation is 2. The normalized spacial score (nSPS) is 15.2. The molecule has 18 heavy (non-hydrogen) atoms. The summed E-state index contributed by atoms with van der Waals surface area (Å²) in [5, 5.41) is 0. The summed E-state index contributed by atoms with van der Waals surface area (Å²) in [5.41, 5.74) is 4.29. The van der Waals surface area contributed by atoms with Crippen LogP contribution in [0.2, 0.25) is 0 Å². The minimum Gasteiger partial charge on any atom is -0.466 e. The Bertz CT molecular complexity index is 429. The number of rotatable bonds is 5. The van der Waals surface area contributed by atoms with E-state index in [0.29, 0.717) is 13.0 Å². The van der Waals surface area contributed by atoms with Crippen LogP contribution in [0.3, 0.4) is 0 Å². The van der Waals surface area contributed by atoms with Crippen LogP contribution in [-0.2, 0) is 28.8 Å². The number of hydrogen-bond acceptors (Lipinski definition) is 2. The van der Waals surface area contributed by atoms with Crippen LogP contribution in [0, 0.1) is 0 Å². The highest BCUT2D eigenvalue weighted by atomic mass is 79.9. The molecule has 0 aromatic heterocycles. The molecular formula is C15H19BrO2. The Morgan fingerprint density at radius 3 is 2.94 bits per heavy atom. The van der Waals surface area contributed by atoms with Gasteiger partial charge in [-0.25, -0.2) is 0 Å². The molecule has 1 aromatic rings. The lowest BCUT2D eigenvalue weighted by molar-refractivity contribution is -0.143. The fourth-order valence-corrected chi connectivity index (χ4v) is 3.12. The van der Waals surface area contributed by atoms with Gasteiger partial charge < -0.3 is 4.74 Å². The summed E-state index contributed by atoms with van der Waals surface area (Å²) in [4.78, 5) is 11.5. The van der Waals surface area contributed by atoms with Gasteiger partial charge in [-0.3, -0.25) is 4.79 Å². The van der Waals surface area contributed by atoms with Crippen molar-refractivity contribution in [2.45, 2.75) is 43.9 Å². The van der Waals surface area contributed by atoms with Gasteiger partial charge in [0.1, 0.15) is 0 Å². The third-order valence-corrected chi connectivity index (χ3v) is 3.96. The van der Waals surface area contributed by atoms with Crippen molar-refractivity contribution in [3.05, 3.63) is 34.9 Å². The number of carbonyl (C=O) groups excluding carboxylic acids is 1. The molecule has 2 nitrogen and oxygen atoms in total. The van der Waals surface area contributed by atoms with Crippen LogP contribution in [0.4, 0.5) is 0 Å². The molecule has 3 heteroatoms. The van der Waals surface area contributed by atoms with Gasteiger partial charge >= 0.3 is 5.97 Å². The lowest BCUT2D eigenvalue weighted by Gasteiger charge is -2.10. The molecule has 0 saturated carbocycles. The Morgan fingerprint density at radius 2 is 2.17 bits per heavy atom. The molecule has 1 atom stereocenters. The summed E-state index contributed by atoms with van der Waals surface area (Å²) in [6.45, 7) is 2.29. The molecule has 0 N–H and O–H groups in total. The quantitative estimate of drug-likeness (QED) is 0.615.